The molecule has 29 heavy (non-hydrogen) atoms. The third-order valence-electron chi connectivity index (χ3n) is 5.19. The lowest BCUT2D eigenvalue weighted by molar-refractivity contribution is -0.711. The summed E-state index contributed by atoms with van der Waals surface area (Å²) >= 11 is 0. The normalized spacial score (nSPS) is 19.3. The Labute approximate surface area is 166 Å². The Morgan fingerprint density at radius 1 is 1.31 bits per heavy atom. The molecular formula is C19H21N5O5. The van der Waals surface area contributed by atoms with Crippen molar-refractivity contribution in [1.29, 1.82) is 0 Å². The second kappa shape index (κ2) is 7.90. The van der Waals surface area contributed by atoms with Crippen LogP contribution in [0.2, 0.25) is 0 Å². The van der Waals surface area contributed by atoms with Crippen molar-refractivity contribution in [2.75, 3.05) is 5.32 Å². The average molecular weight is 399 g/mol. The molecule has 10 nitrogen and oxygen atoms in total. The fraction of sp³-hybridized carbons (Fsp3) is 0.421. The van der Waals surface area contributed by atoms with Crippen molar-refractivity contribution >= 4 is 11.9 Å². The van der Waals surface area contributed by atoms with Crippen LogP contribution in [0.4, 0.5) is 5.95 Å². The Morgan fingerprint density at radius 2 is 2.10 bits per heavy atom. The molecular weight excluding hydrogens is 378 g/mol. The van der Waals surface area contributed by atoms with Gasteiger partial charge in [0, 0.05) is 5.70 Å². The van der Waals surface area contributed by atoms with Gasteiger partial charge in [-0.25, -0.2) is 9.48 Å². The molecule has 1 fully saturated rings. The number of esters is 1. The highest BCUT2D eigenvalue weighted by Crippen LogP contribution is 2.37. The van der Waals surface area contributed by atoms with E-state index in [1.165, 1.54) is 18.5 Å². The number of anilines is 1. The molecule has 1 aromatic carbocycles. The highest BCUT2D eigenvalue weighted by molar-refractivity contribution is 5.92. The summed E-state index contributed by atoms with van der Waals surface area (Å²) in [4.78, 5) is 32.6. The number of nitrogens with zero attached hydrogens (tertiary/aromatic N) is 4. The number of fused-ring (bicyclic) bond motifs is 1. The molecule has 0 saturated heterocycles. The van der Waals surface area contributed by atoms with Crippen molar-refractivity contribution in [2.24, 2.45) is 0 Å². The molecule has 0 radical (unpaired) electrons. The van der Waals surface area contributed by atoms with Crippen LogP contribution in [0.15, 0.2) is 41.9 Å². The maximum atomic E-state index is 13.1. The van der Waals surface area contributed by atoms with Crippen molar-refractivity contribution in [3.8, 4) is 5.75 Å². The van der Waals surface area contributed by atoms with E-state index < -0.39 is 17.1 Å². The van der Waals surface area contributed by atoms with Gasteiger partial charge in [0.2, 0.25) is 5.95 Å². The maximum absolute atomic E-state index is 13.1. The van der Waals surface area contributed by atoms with Gasteiger partial charge in [0.15, 0.2) is 0 Å². The topological polar surface area (TPSA) is 121 Å². The number of allylic oxidation sites excluding steroid dienone is 1. The van der Waals surface area contributed by atoms with Crippen LogP contribution in [0.5, 0.6) is 5.75 Å². The Morgan fingerprint density at radius 3 is 2.86 bits per heavy atom. The lowest BCUT2D eigenvalue weighted by Gasteiger charge is -2.30. The molecule has 4 rings (SSSR count). The first-order valence-electron chi connectivity index (χ1n) is 9.53. The first-order valence-corrected chi connectivity index (χ1v) is 9.53. The van der Waals surface area contributed by atoms with E-state index in [0.29, 0.717) is 22.8 Å². The Hall–Kier alpha value is -3.43. The fourth-order valence-electron chi connectivity index (χ4n) is 3.89. The third kappa shape index (κ3) is 3.91. The summed E-state index contributed by atoms with van der Waals surface area (Å²) in [5.74, 6) is 0.112. The SMILES string of the molecule is CC1=C(C(=O)OC2CCCCC2)[C@@H](c2cccc(O[N+](=O)[O-])c2)n2ncnc2N1. The zero-order valence-electron chi connectivity index (χ0n) is 15.9. The molecule has 152 valence electrons. The zero-order chi connectivity index (χ0) is 20.4. The minimum atomic E-state index is -0.873. The number of nitrogens with one attached hydrogen (secondary N) is 1. The molecule has 1 saturated carbocycles. The second-order valence-electron chi connectivity index (χ2n) is 7.15. The van der Waals surface area contributed by atoms with Crippen LogP contribution >= 0.6 is 0 Å². The Bertz CT molecular complexity index is 963. The minimum absolute atomic E-state index is 0.0605. The molecule has 1 N–H and O–H groups in total. The molecule has 0 amide bonds. The van der Waals surface area contributed by atoms with E-state index in [0.717, 1.165) is 32.1 Å². The lowest BCUT2D eigenvalue weighted by atomic mass is 9.94. The number of aromatic nitrogens is 3. The highest BCUT2D eigenvalue weighted by atomic mass is 17.0. The monoisotopic (exact) mass is 399 g/mol. The largest absolute Gasteiger partial charge is 0.459 e. The van der Waals surface area contributed by atoms with Crippen molar-refractivity contribution in [2.45, 2.75) is 51.2 Å². The summed E-state index contributed by atoms with van der Waals surface area (Å²) in [6.45, 7) is 1.78. The first-order chi connectivity index (χ1) is 14.0. The minimum Gasteiger partial charge on any atom is -0.459 e. The van der Waals surface area contributed by atoms with Crippen LogP contribution in [-0.4, -0.2) is 31.9 Å². The van der Waals surface area contributed by atoms with E-state index in [9.17, 15) is 14.9 Å². The van der Waals surface area contributed by atoms with Gasteiger partial charge in [-0.3, -0.25) is 4.84 Å². The molecule has 10 heteroatoms. The van der Waals surface area contributed by atoms with E-state index in [4.69, 9.17) is 4.74 Å². The summed E-state index contributed by atoms with van der Waals surface area (Å²) in [5.41, 5.74) is 1.61. The van der Waals surface area contributed by atoms with Gasteiger partial charge in [0.1, 0.15) is 24.2 Å². The molecule has 0 spiro atoms. The van der Waals surface area contributed by atoms with Crippen molar-refractivity contribution in [3.63, 3.8) is 0 Å². The molecule has 2 heterocycles. The summed E-state index contributed by atoms with van der Waals surface area (Å²) in [6.07, 6.45) is 6.25. The quantitative estimate of drug-likeness (QED) is 0.463. The predicted octanol–water partition coefficient (Wildman–Crippen LogP) is 3.01. The summed E-state index contributed by atoms with van der Waals surface area (Å²) < 4.78 is 7.37. The molecule has 1 aliphatic heterocycles. The highest BCUT2D eigenvalue weighted by Gasteiger charge is 2.35. The molecule has 1 aliphatic carbocycles. The molecule has 2 aliphatic rings. The van der Waals surface area contributed by atoms with Gasteiger partial charge < -0.3 is 10.1 Å². The van der Waals surface area contributed by atoms with E-state index >= 15 is 0 Å². The van der Waals surface area contributed by atoms with Crippen LogP contribution in [0.3, 0.4) is 0 Å². The Kier molecular flexibility index (Phi) is 5.15. The third-order valence-corrected chi connectivity index (χ3v) is 5.19. The number of hydrogen-bond acceptors (Lipinski definition) is 8. The van der Waals surface area contributed by atoms with E-state index in [2.05, 4.69) is 20.2 Å². The van der Waals surface area contributed by atoms with Crippen LogP contribution in [0.25, 0.3) is 0 Å². The van der Waals surface area contributed by atoms with Crippen molar-refractivity contribution in [1.82, 2.24) is 14.8 Å². The predicted molar refractivity (Wildman–Crippen MR) is 102 cm³/mol. The van der Waals surface area contributed by atoms with Crippen LogP contribution in [-0.2, 0) is 9.53 Å². The van der Waals surface area contributed by atoms with Crippen molar-refractivity contribution in [3.05, 3.63) is 57.5 Å². The molecule has 0 bridgehead atoms. The van der Waals surface area contributed by atoms with Gasteiger partial charge in [-0.1, -0.05) is 18.6 Å². The van der Waals surface area contributed by atoms with E-state index in [-0.39, 0.29) is 11.9 Å². The maximum Gasteiger partial charge on any atom is 0.338 e. The number of carbonyl (C=O) groups excluding carboxylic acids is 1. The van der Waals surface area contributed by atoms with Crippen LogP contribution in [0, 0.1) is 10.1 Å². The number of ether oxygens (including phenoxy) is 1. The zero-order valence-corrected chi connectivity index (χ0v) is 15.9. The fourth-order valence-corrected chi connectivity index (χ4v) is 3.89. The van der Waals surface area contributed by atoms with Crippen LogP contribution in [0.1, 0.15) is 50.6 Å². The number of carbonyl (C=O) groups is 1. The van der Waals surface area contributed by atoms with Gasteiger partial charge in [-0.15, -0.1) is 10.1 Å². The van der Waals surface area contributed by atoms with Gasteiger partial charge in [-0.2, -0.15) is 10.1 Å². The average Bonchev–Trinajstić information content (AvgIpc) is 3.15. The van der Waals surface area contributed by atoms with Crippen molar-refractivity contribution < 1.29 is 19.5 Å². The van der Waals surface area contributed by atoms with Gasteiger partial charge in [0.25, 0.3) is 5.09 Å². The van der Waals surface area contributed by atoms with Crippen LogP contribution < -0.4 is 10.2 Å². The molecule has 1 atom stereocenters. The summed E-state index contributed by atoms with van der Waals surface area (Å²) in [7, 11) is 0. The van der Waals surface area contributed by atoms with E-state index in [1.54, 1.807) is 23.7 Å². The lowest BCUT2D eigenvalue weighted by Crippen LogP contribution is -2.32. The summed E-state index contributed by atoms with van der Waals surface area (Å²) in [5, 5.41) is 17.2. The smallest absolute Gasteiger partial charge is 0.338 e. The molecule has 1 aromatic heterocycles. The van der Waals surface area contributed by atoms with Gasteiger partial charge in [-0.05, 0) is 50.3 Å². The van der Waals surface area contributed by atoms with E-state index in [1.807, 2.05) is 0 Å². The molecule has 0 unspecified atom stereocenters. The number of hydrogen-bond donors (Lipinski definition) is 1. The first kappa shape index (κ1) is 18.9. The van der Waals surface area contributed by atoms with Gasteiger partial charge >= 0.3 is 5.97 Å². The summed E-state index contributed by atoms with van der Waals surface area (Å²) in [6, 6.07) is 5.75. The Balaban J connectivity index is 1.70. The standard InChI is InChI=1S/C19H21N5O5/c1-12-16(18(25)28-14-7-3-2-4-8-14)17(23-19(22-12)20-11-21-23)13-6-5-9-15(10-13)29-24(26)27/h5-6,9-11,14,17H,2-4,7-8H2,1H3,(H,20,21,22)/t17-/m1/s1. The number of benzene rings is 1. The second-order valence-corrected chi connectivity index (χ2v) is 7.15. The molecule has 2 aromatic rings. The van der Waals surface area contributed by atoms with Gasteiger partial charge in [0.05, 0.1) is 5.57 Å². The number of rotatable bonds is 5.